The van der Waals surface area contributed by atoms with E-state index in [2.05, 4.69) is 15.3 Å². The number of aryl methyl sites for hydroxylation is 2. The van der Waals surface area contributed by atoms with Gasteiger partial charge in [0, 0.05) is 44.1 Å². The van der Waals surface area contributed by atoms with Crippen LogP contribution in [0.3, 0.4) is 0 Å². The van der Waals surface area contributed by atoms with Crippen LogP contribution in [-0.4, -0.2) is 27.4 Å². The molecule has 1 fully saturated rings. The summed E-state index contributed by atoms with van der Waals surface area (Å²) in [6.07, 6.45) is 10.9. The summed E-state index contributed by atoms with van der Waals surface area (Å²) in [4.78, 5) is 34.4. The van der Waals surface area contributed by atoms with E-state index >= 15 is 0 Å². The van der Waals surface area contributed by atoms with Gasteiger partial charge in [-0.1, -0.05) is 49.9 Å². The van der Waals surface area contributed by atoms with Crippen LogP contribution < -0.4 is 16.6 Å². The molecule has 7 nitrogen and oxygen atoms in total. The molecule has 0 aliphatic heterocycles. The van der Waals surface area contributed by atoms with Crippen molar-refractivity contribution in [3.63, 3.8) is 0 Å². The number of ketones is 1. The number of aromatic nitrogens is 3. The number of hydrogen-bond donors (Lipinski definition) is 2. The van der Waals surface area contributed by atoms with Gasteiger partial charge in [0.15, 0.2) is 0 Å². The average molecular weight is 474 g/mol. The van der Waals surface area contributed by atoms with E-state index in [1.807, 2.05) is 37.5 Å². The highest BCUT2D eigenvalue weighted by Gasteiger charge is 2.16. The summed E-state index contributed by atoms with van der Waals surface area (Å²) in [7, 11) is 1.89. The van der Waals surface area contributed by atoms with E-state index in [1.165, 1.54) is 31.8 Å². The summed E-state index contributed by atoms with van der Waals surface area (Å²) >= 11 is 0. The van der Waals surface area contributed by atoms with Crippen LogP contribution in [0, 0.1) is 12.8 Å². The van der Waals surface area contributed by atoms with Crippen molar-refractivity contribution in [1.29, 1.82) is 0 Å². The van der Waals surface area contributed by atoms with Crippen molar-refractivity contribution in [3.05, 3.63) is 87.7 Å². The van der Waals surface area contributed by atoms with Gasteiger partial charge in [-0.05, 0) is 43.5 Å². The normalized spacial score (nSPS) is 14.4. The molecule has 0 bridgehead atoms. The van der Waals surface area contributed by atoms with Gasteiger partial charge in [0.05, 0.1) is 17.6 Å². The Hall–Kier alpha value is -3.58. The molecule has 184 valence electrons. The van der Waals surface area contributed by atoms with Crippen molar-refractivity contribution in [2.24, 2.45) is 11.7 Å². The lowest BCUT2D eigenvalue weighted by atomic mass is 10.0. The van der Waals surface area contributed by atoms with Crippen molar-refractivity contribution < 1.29 is 6.22 Å². The van der Waals surface area contributed by atoms with Crippen LogP contribution in [-0.2, 0) is 13.1 Å². The van der Waals surface area contributed by atoms with E-state index in [0.29, 0.717) is 29.5 Å². The fourth-order valence-corrected chi connectivity index (χ4v) is 4.61. The Morgan fingerprint density at radius 1 is 1.20 bits per heavy atom. The van der Waals surface area contributed by atoms with E-state index in [9.17, 15) is 9.59 Å². The van der Waals surface area contributed by atoms with Gasteiger partial charge in [-0.3, -0.25) is 14.6 Å². The number of nitrogens with two attached hydrogens (primary N) is 1. The highest BCUT2D eigenvalue weighted by Crippen LogP contribution is 2.28. The van der Waals surface area contributed by atoms with Gasteiger partial charge in [-0.25, -0.2) is 4.98 Å². The first-order valence-electron chi connectivity index (χ1n) is 12.2. The number of hydrogen-bond acceptors (Lipinski definition) is 6. The molecule has 3 aromatic rings. The molecule has 0 saturated heterocycles. The third-order valence-electron chi connectivity index (χ3n) is 6.68. The van der Waals surface area contributed by atoms with Crippen LogP contribution in [0.15, 0.2) is 59.7 Å². The molecule has 2 aromatic heterocycles. The van der Waals surface area contributed by atoms with Crippen LogP contribution in [0.1, 0.15) is 60.8 Å². The second kappa shape index (κ2) is 11.2. The minimum absolute atomic E-state index is 0. The van der Waals surface area contributed by atoms with Gasteiger partial charge in [0.1, 0.15) is 5.69 Å². The zero-order chi connectivity index (χ0) is 24.8. The molecular formula is C28H35N5O2. The maximum atomic E-state index is 13.0. The van der Waals surface area contributed by atoms with Crippen LogP contribution in [0.5, 0.6) is 0 Å². The van der Waals surface area contributed by atoms with E-state index in [4.69, 9.17) is 5.73 Å². The lowest BCUT2D eigenvalue weighted by molar-refractivity contribution is 0.104. The first kappa shape index (κ1) is 24.5. The largest absolute Gasteiger partial charge is 0.398 e. The zero-order valence-corrected chi connectivity index (χ0v) is 20.5. The molecule has 0 amide bonds. The lowest BCUT2D eigenvalue weighted by Gasteiger charge is -2.12. The molecule has 1 saturated carbocycles. The predicted molar refractivity (Wildman–Crippen MR) is 141 cm³/mol. The number of carbonyl (C=O) groups is 1. The molecule has 0 radical (unpaired) electrons. The lowest BCUT2D eigenvalue weighted by Crippen LogP contribution is -2.20. The third kappa shape index (κ3) is 6.11. The van der Waals surface area contributed by atoms with E-state index in [1.54, 1.807) is 29.8 Å². The Morgan fingerprint density at radius 2 is 1.94 bits per heavy atom. The van der Waals surface area contributed by atoms with Crippen molar-refractivity contribution in [1.82, 2.24) is 19.9 Å². The van der Waals surface area contributed by atoms with Gasteiger partial charge in [0.25, 0.3) is 5.56 Å². The summed E-state index contributed by atoms with van der Waals surface area (Å²) in [5.41, 5.74) is 10.6. The number of carbonyl (C=O) groups excluding carboxylic acids is 1. The SMILES string of the molecule is CNCc1ccc(C(N)=CC(=O)c2nc(-c3ccc(=O)n(CCC4CCCC4)c3)cnc2C)cc1.[HH]. The maximum Gasteiger partial charge on any atom is 0.250 e. The Morgan fingerprint density at radius 3 is 2.66 bits per heavy atom. The molecule has 35 heavy (non-hydrogen) atoms. The average Bonchev–Trinajstić information content (AvgIpc) is 3.38. The number of pyridine rings is 1. The Balaban J connectivity index is 0.00000361. The smallest absolute Gasteiger partial charge is 0.250 e. The number of allylic oxidation sites excluding steroid dienone is 1. The zero-order valence-electron chi connectivity index (χ0n) is 20.5. The molecule has 7 heteroatoms. The summed E-state index contributed by atoms with van der Waals surface area (Å²) < 4.78 is 1.74. The minimum Gasteiger partial charge on any atom is -0.398 e. The van der Waals surface area contributed by atoms with Crippen LogP contribution >= 0.6 is 0 Å². The summed E-state index contributed by atoms with van der Waals surface area (Å²) in [6.45, 7) is 3.20. The van der Waals surface area contributed by atoms with Crippen LogP contribution in [0.2, 0.25) is 0 Å². The number of nitrogens with one attached hydrogen (secondary N) is 1. The van der Waals surface area contributed by atoms with Gasteiger partial charge in [-0.2, -0.15) is 0 Å². The maximum absolute atomic E-state index is 13.0. The molecule has 1 aromatic carbocycles. The Kier molecular flexibility index (Phi) is 7.87. The highest BCUT2D eigenvalue weighted by atomic mass is 16.1. The first-order chi connectivity index (χ1) is 16.9. The molecule has 0 unspecified atom stereocenters. The van der Waals surface area contributed by atoms with Crippen molar-refractivity contribution >= 4 is 11.5 Å². The van der Waals surface area contributed by atoms with Crippen molar-refractivity contribution in [2.75, 3.05) is 7.05 Å². The summed E-state index contributed by atoms with van der Waals surface area (Å²) in [5, 5.41) is 3.10. The van der Waals surface area contributed by atoms with E-state index < -0.39 is 0 Å². The number of rotatable bonds is 9. The fourth-order valence-electron chi connectivity index (χ4n) is 4.61. The van der Waals surface area contributed by atoms with Crippen molar-refractivity contribution in [2.45, 2.75) is 52.1 Å². The summed E-state index contributed by atoms with van der Waals surface area (Å²) in [5.74, 6) is 0.397. The molecule has 1 aliphatic rings. The van der Waals surface area contributed by atoms with E-state index in [0.717, 1.165) is 29.7 Å². The van der Waals surface area contributed by atoms with Gasteiger partial charge < -0.3 is 15.6 Å². The Labute approximate surface area is 207 Å². The van der Waals surface area contributed by atoms with Gasteiger partial charge in [0.2, 0.25) is 5.78 Å². The number of benzene rings is 1. The van der Waals surface area contributed by atoms with Crippen LogP contribution in [0.4, 0.5) is 0 Å². The Bertz CT molecular complexity index is 1280. The standard InChI is InChI=1S/C28H33N5O2.H2/c1-19-28(26(34)15-24(29)22-9-7-21(8-10-22)16-30-2)32-25(17-31-19)23-11-12-27(35)33(18-23)14-13-20-5-3-4-6-20;/h7-12,15,17-18,20,30H,3-6,13-14,16,29H2,1-2H3;1H. The molecule has 1 aliphatic carbocycles. The molecule has 0 spiro atoms. The molecular weight excluding hydrogens is 438 g/mol. The van der Waals surface area contributed by atoms with Gasteiger partial charge in [-0.15, -0.1) is 0 Å². The third-order valence-corrected chi connectivity index (χ3v) is 6.68. The quantitative estimate of drug-likeness (QED) is 0.354. The first-order valence-corrected chi connectivity index (χ1v) is 12.2. The second-order valence-electron chi connectivity index (χ2n) is 9.27. The minimum atomic E-state index is -0.303. The molecule has 4 rings (SSSR count). The summed E-state index contributed by atoms with van der Waals surface area (Å²) in [6, 6.07) is 11.0. The second-order valence-corrected chi connectivity index (χ2v) is 9.27. The number of nitrogens with zero attached hydrogens (tertiary/aromatic N) is 3. The van der Waals surface area contributed by atoms with Gasteiger partial charge >= 0.3 is 0 Å². The fraction of sp³-hybridized carbons (Fsp3) is 0.357. The van der Waals surface area contributed by atoms with E-state index in [-0.39, 0.29) is 18.5 Å². The highest BCUT2D eigenvalue weighted by molar-refractivity contribution is 6.07. The molecule has 3 N–H and O–H groups in total. The topological polar surface area (TPSA) is 103 Å². The molecule has 2 heterocycles. The monoisotopic (exact) mass is 473 g/mol. The van der Waals surface area contributed by atoms with Crippen LogP contribution in [0.25, 0.3) is 17.0 Å². The molecule has 0 atom stereocenters. The predicted octanol–water partition coefficient (Wildman–Crippen LogP) is 4.34. The van der Waals surface area contributed by atoms with Crippen molar-refractivity contribution in [3.8, 4) is 11.3 Å².